The van der Waals surface area contributed by atoms with Crippen LogP contribution in [-0.4, -0.2) is 23.9 Å². The second-order valence-electron chi connectivity index (χ2n) is 5.55. The van der Waals surface area contributed by atoms with Crippen LogP contribution in [0.25, 0.3) is 0 Å². The number of ether oxygens (including phenoxy) is 1. The summed E-state index contributed by atoms with van der Waals surface area (Å²) in [6.07, 6.45) is 0.993. The lowest BCUT2D eigenvalue weighted by atomic mass is 10.0. The van der Waals surface area contributed by atoms with Crippen molar-refractivity contribution in [1.82, 2.24) is 5.32 Å². The molecule has 0 unspecified atom stereocenters. The Balaban J connectivity index is 2.84. The molecule has 1 rings (SSSR count). The van der Waals surface area contributed by atoms with Gasteiger partial charge in [0.1, 0.15) is 5.60 Å². The Labute approximate surface area is 129 Å². The molecule has 0 spiro atoms. The number of carbonyl (C=O) groups is 2. The molecule has 0 aliphatic heterocycles. The average Bonchev–Trinajstić information content (AvgIpc) is 2.35. The fourth-order valence-electron chi connectivity index (χ4n) is 1.70. The predicted octanol–water partition coefficient (Wildman–Crippen LogP) is 2.11. The Hall–Kier alpha value is -1.69. The molecule has 0 fully saturated rings. The minimum Gasteiger partial charge on any atom is -0.550 e. The molecule has 1 atom stereocenters. The van der Waals surface area contributed by atoms with Crippen LogP contribution in [0, 0.1) is 0 Å². The Kier molecular flexibility index (Phi) is 6.08. The quantitative estimate of drug-likeness (QED) is 0.843. The van der Waals surface area contributed by atoms with Crippen molar-refractivity contribution < 1.29 is 19.4 Å². The van der Waals surface area contributed by atoms with E-state index in [0.29, 0.717) is 5.56 Å². The van der Waals surface area contributed by atoms with E-state index in [1.54, 1.807) is 44.7 Å². The third-order valence-electron chi connectivity index (χ3n) is 2.58. The topological polar surface area (TPSA) is 78.5 Å². The van der Waals surface area contributed by atoms with Crippen LogP contribution in [0.1, 0.15) is 38.8 Å². The van der Waals surface area contributed by atoms with Crippen LogP contribution in [0.4, 0.5) is 4.79 Å². The molecular formula is C15H20NO4S-. The number of carboxylic acids is 1. The summed E-state index contributed by atoms with van der Waals surface area (Å²) in [6, 6.07) is 6.65. The molecule has 1 amide bonds. The maximum Gasteiger partial charge on any atom is 0.408 e. The SMILES string of the molecule is CSc1ccc([C@H](CC(=O)[O-])NC(=O)OC(C)(C)C)cc1. The van der Waals surface area contributed by atoms with Crippen molar-refractivity contribution in [3.05, 3.63) is 29.8 Å². The van der Waals surface area contributed by atoms with Crippen LogP contribution >= 0.6 is 11.8 Å². The number of carboxylic acid groups (broad SMARTS) is 1. The number of hydrogen-bond acceptors (Lipinski definition) is 5. The molecule has 0 radical (unpaired) electrons. The van der Waals surface area contributed by atoms with E-state index in [2.05, 4.69) is 5.32 Å². The van der Waals surface area contributed by atoms with Gasteiger partial charge < -0.3 is 20.0 Å². The average molecular weight is 310 g/mol. The van der Waals surface area contributed by atoms with Crippen molar-refractivity contribution in [2.24, 2.45) is 0 Å². The highest BCUT2D eigenvalue weighted by atomic mass is 32.2. The van der Waals surface area contributed by atoms with E-state index >= 15 is 0 Å². The Morgan fingerprint density at radius 1 is 1.29 bits per heavy atom. The number of aliphatic carboxylic acids is 1. The van der Waals surface area contributed by atoms with Gasteiger partial charge in [0.2, 0.25) is 0 Å². The molecular weight excluding hydrogens is 290 g/mol. The number of nitrogens with one attached hydrogen (secondary N) is 1. The molecule has 0 saturated heterocycles. The van der Waals surface area contributed by atoms with Gasteiger partial charge >= 0.3 is 6.09 Å². The van der Waals surface area contributed by atoms with Crippen LogP contribution < -0.4 is 10.4 Å². The summed E-state index contributed by atoms with van der Waals surface area (Å²) in [7, 11) is 0. The van der Waals surface area contributed by atoms with Crippen LogP contribution in [0.5, 0.6) is 0 Å². The molecule has 116 valence electrons. The number of amides is 1. The number of rotatable bonds is 5. The van der Waals surface area contributed by atoms with Gasteiger partial charge in [-0.1, -0.05) is 12.1 Å². The van der Waals surface area contributed by atoms with E-state index in [4.69, 9.17) is 4.74 Å². The third-order valence-corrected chi connectivity index (χ3v) is 3.32. The van der Waals surface area contributed by atoms with Crippen LogP contribution in [0.15, 0.2) is 29.2 Å². The highest BCUT2D eigenvalue weighted by Crippen LogP contribution is 2.21. The largest absolute Gasteiger partial charge is 0.550 e. The van der Waals surface area contributed by atoms with Gasteiger partial charge in [0.05, 0.1) is 6.04 Å². The van der Waals surface area contributed by atoms with E-state index < -0.39 is 23.7 Å². The zero-order valence-electron chi connectivity index (χ0n) is 12.6. The number of alkyl carbamates (subject to hydrolysis) is 1. The minimum absolute atomic E-state index is 0.308. The van der Waals surface area contributed by atoms with Gasteiger partial charge in [-0.25, -0.2) is 4.79 Å². The highest BCUT2D eigenvalue weighted by Gasteiger charge is 2.20. The first-order chi connectivity index (χ1) is 9.71. The molecule has 0 aromatic heterocycles. The lowest BCUT2D eigenvalue weighted by Gasteiger charge is -2.24. The van der Waals surface area contributed by atoms with Crippen molar-refractivity contribution in [3.63, 3.8) is 0 Å². The zero-order chi connectivity index (χ0) is 16.0. The maximum atomic E-state index is 11.8. The van der Waals surface area contributed by atoms with E-state index in [0.717, 1.165) is 4.90 Å². The Bertz CT molecular complexity index is 493. The Morgan fingerprint density at radius 3 is 2.29 bits per heavy atom. The summed E-state index contributed by atoms with van der Waals surface area (Å²) in [6.45, 7) is 5.23. The van der Waals surface area contributed by atoms with Gasteiger partial charge in [-0.3, -0.25) is 0 Å². The van der Waals surface area contributed by atoms with Gasteiger partial charge in [0, 0.05) is 17.3 Å². The van der Waals surface area contributed by atoms with Gasteiger partial charge in [0.15, 0.2) is 0 Å². The van der Waals surface area contributed by atoms with Gasteiger partial charge in [0.25, 0.3) is 0 Å². The number of carbonyl (C=O) groups excluding carboxylic acids is 2. The second-order valence-corrected chi connectivity index (χ2v) is 6.43. The first-order valence-electron chi connectivity index (χ1n) is 6.54. The molecule has 0 aliphatic carbocycles. The lowest BCUT2D eigenvalue weighted by molar-refractivity contribution is -0.306. The monoisotopic (exact) mass is 310 g/mol. The molecule has 6 heteroatoms. The summed E-state index contributed by atoms with van der Waals surface area (Å²) in [5.74, 6) is -1.23. The molecule has 0 bridgehead atoms. The summed E-state index contributed by atoms with van der Waals surface area (Å²) in [5.41, 5.74) is 0.0570. The molecule has 1 N–H and O–H groups in total. The van der Waals surface area contributed by atoms with E-state index in [1.807, 2.05) is 18.4 Å². The minimum atomic E-state index is -1.23. The number of hydrogen-bond donors (Lipinski definition) is 1. The van der Waals surface area contributed by atoms with Crippen molar-refractivity contribution in [1.29, 1.82) is 0 Å². The van der Waals surface area contributed by atoms with Crippen LogP contribution in [0.2, 0.25) is 0 Å². The molecule has 21 heavy (non-hydrogen) atoms. The highest BCUT2D eigenvalue weighted by molar-refractivity contribution is 7.98. The molecule has 1 aromatic carbocycles. The van der Waals surface area contributed by atoms with Crippen molar-refractivity contribution in [2.45, 2.75) is 43.7 Å². The van der Waals surface area contributed by atoms with Crippen LogP contribution in [-0.2, 0) is 9.53 Å². The van der Waals surface area contributed by atoms with Gasteiger partial charge in [-0.15, -0.1) is 11.8 Å². The normalized spacial score (nSPS) is 12.6. The van der Waals surface area contributed by atoms with E-state index in [-0.39, 0.29) is 6.42 Å². The first kappa shape index (κ1) is 17.4. The standard InChI is InChI=1S/C15H21NO4S/c1-15(2,3)20-14(19)16-12(9-13(17)18)10-5-7-11(21-4)8-6-10/h5-8,12H,9H2,1-4H3,(H,16,19)(H,17,18)/p-1/t12-/m0/s1. The molecule has 0 saturated carbocycles. The molecule has 0 heterocycles. The smallest absolute Gasteiger partial charge is 0.408 e. The Morgan fingerprint density at radius 2 is 1.86 bits per heavy atom. The van der Waals surface area contributed by atoms with Crippen molar-refractivity contribution in [2.75, 3.05) is 6.26 Å². The predicted molar refractivity (Wildman–Crippen MR) is 80.0 cm³/mol. The molecule has 5 nitrogen and oxygen atoms in total. The van der Waals surface area contributed by atoms with E-state index in [9.17, 15) is 14.7 Å². The summed E-state index contributed by atoms with van der Waals surface area (Å²) in [4.78, 5) is 23.7. The van der Waals surface area contributed by atoms with E-state index in [1.165, 1.54) is 0 Å². The maximum absolute atomic E-state index is 11.8. The third kappa shape index (κ3) is 6.53. The number of thioether (sulfide) groups is 1. The fourth-order valence-corrected chi connectivity index (χ4v) is 2.11. The summed E-state index contributed by atoms with van der Waals surface area (Å²) < 4.78 is 5.15. The first-order valence-corrected chi connectivity index (χ1v) is 7.77. The fraction of sp³-hybridized carbons (Fsp3) is 0.467. The van der Waals surface area contributed by atoms with Crippen molar-refractivity contribution in [3.8, 4) is 0 Å². The van der Waals surface area contributed by atoms with Gasteiger partial charge in [-0.2, -0.15) is 0 Å². The van der Waals surface area contributed by atoms with Gasteiger partial charge in [-0.05, 0) is 44.7 Å². The molecule has 1 aromatic rings. The molecule has 0 aliphatic rings. The number of benzene rings is 1. The zero-order valence-corrected chi connectivity index (χ0v) is 13.5. The summed E-state index contributed by atoms with van der Waals surface area (Å²) >= 11 is 1.58. The van der Waals surface area contributed by atoms with Crippen LogP contribution in [0.3, 0.4) is 0 Å². The van der Waals surface area contributed by atoms with Crippen molar-refractivity contribution >= 4 is 23.8 Å². The lowest BCUT2D eigenvalue weighted by Crippen LogP contribution is -2.37. The second kappa shape index (κ2) is 7.36. The summed E-state index contributed by atoms with van der Waals surface area (Å²) in [5, 5.41) is 13.4.